The average Bonchev–Trinajstić information content (AvgIpc) is 3.01. The Morgan fingerprint density at radius 1 is 1.19 bits per heavy atom. The Kier molecular flexibility index (Phi) is 4.21. The Hall–Kier alpha value is -1.47. The molecule has 1 aromatic rings. The predicted octanol–water partition coefficient (Wildman–Crippen LogP) is 2.10. The molecule has 114 valence electrons. The number of aromatic nitrogens is 2. The van der Waals surface area contributed by atoms with E-state index in [-0.39, 0.29) is 10.8 Å². The molecular weight excluding hydrogens is 294 g/mol. The quantitative estimate of drug-likeness (QED) is 0.483. The Morgan fingerprint density at radius 3 is 2.48 bits per heavy atom. The van der Waals surface area contributed by atoms with Crippen molar-refractivity contribution in [3.63, 3.8) is 0 Å². The number of nitrogens with zero attached hydrogens (tertiary/aromatic N) is 5. The van der Waals surface area contributed by atoms with E-state index in [0.29, 0.717) is 11.9 Å². The lowest BCUT2D eigenvalue weighted by atomic mass is 10.2. The number of hydrogen-bond donors (Lipinski definition) is 0. The van der Waals surface area contributed by atoms with E-state index in [9.17, 15) is 10.1 Å². The van der Waals surface area contributed by atoms with Crippen molar-refractivity contribution in [2.75, 3.05) is 31.1 Å². The molecule has 0 aromatic carbocycles. The minimum absolute atomic E-state index is 0.0942. The summed E-state index contributed by atoms with van der Waals surface area (Å²) in [5.41, 5.74) is -0.187. The average molecular weight is 312 g/mol. The van der Waals surface area contributed by atoms with Crippen molar-refractivity contribution in [1.29, 1.82) is 0 Å². The maximum atomic E-state index is 11.2. The summed E-state index contributed by atoms with van der Waals surface area (Å²) in [7, 11) is 0. The minimum Gasteiger partial charge on any atom is -0.348 e. The maximum Gasteiger partial charge on any atom is 0.348 e. The molecule has 0 unspecified atom stereocenters. The van der Waals surface area contributed by atoms with Gasteiger partial charge in [-0.2, -0.15) is 0 Å². The van der Waals surface area contributed by atoms with E-state index in [0.717, 1.165) is 26.2 Å². The maximum absolute atomic E-state index is 11.2. The highest BCUT2D eigenvalue weighted by molar-refractivity contribution is 6.31. The van der Waals surface area contributed by atoms with Crippen LogP contribution in [0, 0.1) is 10.1 Å². The summed E-state index contributed by atoms with van der Waals surface area (Å²) >= 11 is 5.85. The lowest BCUT2D eigenvalue weighted by molar-refractivity contribution is -0.384. The summed E-state index contributed by atoms with van der Waals surface area (Å²) in [6.07, 6.45) is 6.47. The lowest BCUT2D eigenvalue weighted by Crippen LogP contribution is -2.50. The third-order valence-corrected chi connectivity index (χ3v) is 4.67. The van der Waals surface area contributed by atoms with Gasteiger partial charge in [0.25, 0.3) is 0 Å². The van der Waals surface area contributed by atoms with E-state index in [1.807, 2.05) is 4.90 Å². The third-order valence-electron chi connectivity index (χ3n) is 4.40. The first kappa shape index (κ1) is 14.5. The number of piperazine rings is 1. The van der Waals surface area contributed by atoms with Gasteiger partial charge in [-0.05, 0) is 12.8 Å². The molecular formula is C13H18ClN5O2. The van der Waals surface area contributed by atoms with Crippen LogP contribution in [0.5, 0.6) is 0 Å². The SMILES string of the molecule is O=[N+]([O-])c1c(Cl)ncnc1N1CCN(C2CCCC2)CC1. The largest absolute Gasteiger partial charge is 0.348 e. The summed E-state index contributed by atoms with van der Waals surface area (Å²) in [4.78, 5) is 22.9. The van der Waals surface area contributed by atoms with Gasteiger partial charge in [0.1, 0.15) is 6.33 Å². The molecule has 1 saturated carbocycles. The predicted molar refractivity (Wildman–Crippen MR) is 79.7 cm³/mol. The molecule has 8 heteroatoms. The van der Waals surface area contributed by atoms with Crippen LogP contribution in [0.4, 0.5) is 11.5 Å². The summed E-state index contributed by atoms with van der Waals surface area (Å²) in [5.74, 6) is 0.339. The molecule has 0 amide bonds. The third kappa shape index (κ3) is 2.94. The fraction of sp³-hybridized carbons (Fsp3) is 0.692. The molecule has 21 heavy (non-hydrogen) atoms. The van der Waals surface area contributed by atoms with Gasteiger partial charge in [-0.15, -0.1) is 0 Å². The molecule has 0 radical (unpaired) electrons. The standard InChI is InChI=1S/C13H18ClN5O2/c14-12-11(19(20)21)13(16-9-15-12)18-7-5-17(6-8-18)10-3-1-2-4-10/h9-10H,1-8H2. The minimum atomic E-state index is -0.499. The fourth-order valence-electron chi connectivity index (χ4n) is 3.31. The first-order valence-corrected chi connectivity index (χ1v) is 7.68. The molecule has 1 aromatic heterocycles. The van der Waals surface area contributed by atoms with Crippen molar-refractivity contribution in [2.24, 2.45) is 0 Å². The van der Waals surface area contributed by atoms with Gasteiger partial charge in [0.2, 0.25) is 11.0 Å². The molecule has 1 aliphatic carbocycles. The van der Waals surface area contributed by atoms with Crippen LogP contribution in [0.3, 0.4) is 0 Å². The second-order valence-corrected chi connectivity index (χ2v) is 5.91. The van der Waals surface area contributed by atoms with Crippen molar-refractivity contribution in [3.8, 4) is 0 Å². The smallest absolute Gasteiger partial charge is 0.348 e. The van der Waals surface area contributed by atoms with Crippen LogP contribution >= 0.6 is 11.6 Å². The first-order chi connectivity index (χ1) is 10.2. The van der Waals surface area contributed by atoms with Gasteiger partial charge in [0.15, 0.2) is 0 Å². The Morgan fingerprint density at radius 2 is 1.86 bits per heavy atom. The molecule has 2 aliphatic rings. The highest BCUT2D eigenvalue weighted by Gasteiger charge is 2.31. The number of anilines is 1. The Labute approximate surface area is 128 Å². The molecule has 3 rings (SSSR count). The molecule has 0 spiro atoms. The summed E-state index contributed by atoms with van der Waals surface area (Å²) < 4.78 is 0. The number of halogens is 1. The van der Waals surface area contributed by atoms with Crippen LogP contribution in [0.15, 0.2) is 6.33 Å². The van der Waals surface area contributed by atoms with Crippen LogP contribution in [0.2, 0.25) is 5.15 Å². The molecule has 2 fully saturated rings. The van der Waals surface area contributed by atoms with Gasteiger partial charge in [0.05, 0.1) is 4.92 Å². The van der Waals surface area contributed by atoms with E-state index < -0.39 is 4.92 Å². The first-order valence-electron chi connectivity index (χ1n) is 7.30. The highest BCUT2D eigenvalue weighted by atomic mass is 35.5. The number of rotatable bonds is 3. The molecule has 0 atom stereocenters. The fourth-order valence-corrected chi connectivity index (χ4v) is 3.50. The van der Waals surface area contributed by atoms with Gasteiger partial charge in [-0.3, -0.25) is 15.0 Å². The normalized spacial score (nSPS) is 20.9. The van der Waals surface area contributed by atoms with Crippen molar-refractivity contribution >= 4 is 23.1 Å². The zero-order chi connectivity index (χ0) is 14.8. The van der Waals surface area contributed by atoms with Crippen LogP contribution in [-0.4, -0.2) is 52.0 Å². The van der Waals surface area contributed by atoms with E-state index >= 15 is 0 Å². The zero-order valence-electron chi connectivity index (χ0n) is 11.7. The summed E-state index contributed by atoms with van der Waals surface area (Å²) in [5, 5.41) is 11.1. The molecule has 0 bridgehead atoms. The lowest BCUT2D eigenvalue weighted by Gasteiger charge is -2.38. The van der Waals surface area contributed by atoms with E-state index in [2.05, 4.69) is 14.9 Å². The van der Waals surface area contributed by atoms with E-state index in [1.165, 1.54) is 32.0 Å². The van der Waals surface area contributed by atoms with Gasteiger partial charge in [-0.25, -0.2) is 9.97 Å². The zero-order valence-corrected chi connectivity index (χ0v) is 12.5. The second kappa shape index (κ2) is 6.11. The topological polar surface area (TPSA) is 75.4 Å². The highest BCUT2D eigenvalue weighted by Crippen LogP contribution is 2.32. The number of hydrogen-bond acceptors (Lipinski definition) is 6. The molecule has 0 N–H and O–H groups in total. The van der Waals surface area contributed by atoms with Crippen molar-refractivity contribution in [3.05, 3.63) is 21.6 Å². The van der Waals surface area contributed by atoms with E-state index in [1.54, 1.807) is 0 Å². The van der Waals surface area contributed by atoms with Crippen molar-refractivity contribution in [2.45, 2.75) is 31.7 Å². The van der Waals surface area contributed by atoms with Gasteiger partial charge in [-0.1, -0.05) is 24.4 Å². The van der Waals surface area contributed by atoms with Gasteiger partial charge in [0, 0.05) is 32.2 Å². The van der Waals surface area contributed by atoms with Crippen molar-refractivity contribution in [1.82, 2.24) is 14.9 Å². The molecule has 1 saturated heterocycles. The van der Waals surface area contributed by atoms with Gasteiger partial charge < -0.3 is 4.90 Å². The molecule has 7 nitrogen and oxygen atoms in total. The Bertz CT molecular complexity index is 527. The summed E-state index contributed by atoms with van der Waals surface area (Å²) in [6.45, 7) is 3.32. The van der Waals surface area contributed by atoms with Crippen LogP contribution in [-0.2, 0) is 0 Å². The van der Waals surface area contributed by atoms with Crippen LogP contribution in [0.1, 0.15) is 25.7 Å². The Balaban J connectivity index is 1.72. The monoisotopic (exact) mass is 311 g/mol. The van der Waals surface area contributed by atoms with E-state index in [4.69, 9.17) is 11.6 Å². The molecule has 2 heterocycles. The van der Waals surface area contributed by atoms with Gasteiger partial charge >= 0.3 is 5.69 Å². The van der Waals surface area contributed by atoms with Crippen LogP contribution in [0.25, 0.3) is 0 Å². The van der Waals surface area contributed by atoms with Crippen LogP contribution < -0.4 is 4.90 Å². The second-order valence-electron chi connectivity index (χ2n) is 5.56. The summed E-state index contributed by atoms with van der Waals surface area (Å²) in [6, 6.07) is 0.691. The number of nitro groups is 1. The van der Waals surface area contributed by atoms with Crippen molar-refractivity contribution < 1.29 is 4.92 Å². The molecule has 1 aliphatic heterocycles.